The standard InChI is InChI=1S/C28H30ClN3O4/c29-20-6-4-19(5-7-20)28(36)12-16-31(17-13-28)25(33)18-10-14-30(15-11-18)23-3-1-2-22-24(23)27(35)32(26(22)34)21-8-9-21/h1-7,18,21,36H,8-17H2. The number of anilines is 1. The summed E-state index contributed by atoms with van der Waals surface area (Å²) in [6.07, 6.45) is 4.19. The van der Waals surface area contributed by atoms with Gasteiger partial charge in [0, 0.05) is 43.2 Å². The van der Waals surface area contributed by atoms with E-state index in [-0.39, 0.29) is 29.7 Å². The van der Waals surface area contributed by atoms with Crippen molar-refractivity contribution in [2.75, 3.05) is 31.1 Å². The number of likely N-dealkylation sites (tertiary alicyclic amines) is 1. The molecular formula is C28H30ClN3O4. The van der Waals surface area contributed by atoms with Gasteiger partial charge in [-0.15, -0.1) is 0 Å². The minimum absolute atomic E-state index is 0.0514. The third kappa shape index (κ3) is 3.98. The monoisotopic (exact) mass is 507 g/mol. The summed E-state index contributed by atoms with van der Waals surface area (Å²) in [5, 5.41) is 11.8. The number of nitrogens with zero attached hydrogens (tertiary/aromatic N) is 3. The van der Waals surface area contributed by atoms with Crippen LogP contribution in [0.3, 0.4) is 0 Å². The zero-order chi connectivity index (χ0) is 25.0. The van der Waals surface area contributed by atoms with Gasteiger partial charge in [0.2, 0.25) is 5.91 Å². The van der Waals surface area contributed by atoms with Gasteiger partial charge in [-0.2, -0.15) is 0 Å². The maximum atomic E-state index is 13.3. The van der Waals surface area contributed by atoms with Crippen molar-refractivity contribution in [3.63, 3.8) is 0 Å². The van der Waals surface area contributed by atoms with Crippen molar-refractivity contribution in [3.8, 4) is 0 Å². The van der Waals surface area contributed by atoms with Crippen molar-refractivity contribution in [3.05, 3.63) is 64.2 Å². The quantitative estimate of drug-likeness (QED) is 0.636. The fraction of sp³-hybridized carbons (Fsp3) is 0.464. The molecule has 3 aliphatic heterocycles. The van der Waals surface area contributed by atoms with Gasteiger partial charge in [-0.3, -0.25) is 19.3 Å². The third-order valence-electron chi connectivity index (χ3n) is 8.31. The van der Waals surface area contributed by atoms with Gasteiger partial charge in [0.1, 0.15) is 0 Å². The highest BCUT2D eigenvalue weighted by atomic mass is 35.5. The van der Waals surface area contributed by atoms with Crippen LogP contribution in [0.2, 0.25) is 5.02 Å². The first-order chi connectivity index (χ1) is 17.4. The van der Waals surface area contributed by atoms with Crippen LogP contribution >= 0.6 is 11.6 Å². The van der Waals surface area contributed by atoms with E-state index >= 15 is 0 Å². The average molecular weight is 508 g/mol. The number of hydrogen-bond acceptors (Lipinski definition) is 5. The fourth-order valence-electron chi connectivity index (χ4n) is 5.98. The molecule has 36 heavy (non-hydrogen) atoms. The third-order valence-corrected chi connectivity index (χ3v) is 8.56. The van der Waals surface area contributed by atoms with Gasteiger partial charge < -0.3 is 14.9 Å². The van der Waals surface area contributed by atoms with Gasteiger partial charge in [0.05, 0.1) is 22.4 Å². The first-order valence-corrected chi connectivity index (χ1v) is 13.3. The minimum Gasteiger partial charge on any atom is -0.385 e. The van der Waals surface area contributed by atoms with Crippen molar-refractivity contribution in [1.82, 2.24) is 9.80 Å². The summed E-state index contributed by atoms with van der Waals surface area (Å²) in [5.41, 5.74) is 1.75. The zero-order valence-electron chi connectivity index (χ0n) is 20.2. The molecular weight excluding hydrogens is 478 g/mol. The van der Waals surface area contributed by atoms with Crippen LogP contribution in [0.5, 0.6) is 0 Å². The van der Waals surface area contributed by atoms with E-state index < -0.39 is 5.60 Å². The Labute approximate surface area is 215 Å². The van der Waals surface area contributed by atoms with Crippen LogP contribution in [0, 0.1) is 5.92 Å². The fourth-order valence-corrected chi connectivity index (χ4v) is 6.11. The number of carbonyl (C=O) groups is 3. The molecule has 3 amide bonds. The van der Waals surface area contributed by atoms with Gasteiger partial charge in [0.25, 0.3) is 11.8 Å². The van der Waals surface area contributed by atoms with Crippen molar-refractivity contribution in [1.29, 1.82) is 0 Å². The molecule has 2 saturated heterocycles. The molecule has 0 radical (unpaired) electrons. The first-order valence-electron chi connectivity index (χ1n) is 12.9. The number of halogens is 1. The van der Waals surface area contributed by atoms with Crippen LogP contribution in [0.25, 0.3) is 0 Å². The second-order valence-electron chi connectivity index (χ2n) is 10.5. The molecule has 0 aromatic heterocycles. The molecule has 3 heterocycles. The van der Waals surface area contributed by atoms with Crippen molar-refractivity contribution < 1.29 is 19.5 Å². The molecule has 0 unspecified atom stereocenters. The van der Waals surface area contributed by atoms with Gasteiger partial charge in [-0.1, -0.05) is 29.8 Å². The molecule has 2 aromatic carbocycles. The van der Waals surface area contributed by atoms with Gasteiger partial charge in [-0.25, -0.2) is 0 Å². The molecule has 7 nitrogen and oxygen atoms in total. The summed E-state index contributed by atoms with van der Waals surface area (Å²) in [7, 11) is 0. The van der Waals surface area contributed by atoms with Crippen molar-refractivity contribution >= 4 is 35.0 Å². The van der Waals surface area contributed by atoms with Crippen molar-refractivity contribution in [2.45, 2.75) is 50.2 Å². The minimum atomic E-state index is -0.934. The lowest BCUT2D eigenvalue weighted by molar-refractivity contribution is -0.140. The predicted octanol–water partition coefficient (Wildman–Crippen LogP) is 3.83. The topological polar surface area (TPSA) is 81.2 Å². The van der Waals surface area contributed by atoms with Gasteiger partial charge in [-0.05, 0) is 68.4 Å². The van der Waals surface area contributed by atoms with E-state index in [1.54, 1.807) is 18.2 Å². The molecule has 4 aliphatic rings. The van der Waals surface area contributed by atoms with Crippen LogP contribution in [0.4, 0.5) is 5.69 Å². The van der Waals surface area contributed by atoms with Gasteiger partial charge >= 0.3 is 0 Å². The summed E-state index contributed by atoms with van der Waals surface area (Å²) in [6.45, 7) is 2.39. The average Bonchev–Trinajstić information content (AvgIpc) is 3.70. The Bertz CT molecular complexity index is 1210. The van der Waals surface area contributed by atoms with E-state index in [0.717, 1.165) is 24.1 Å². The van der Waals surface area contributed by atoms with E-state index in [9.17, 15) is 19.5 Å². The molecule has 1 aliphatic carbocycles. The molecule has 1 N–H and O–H groups in total. The normalized spacial score (nSPS) is 22.2. The summed E-state index contributed by atoms with van der Waals surface area (Å²) >= 11 is 5.99. The van der Waals surface area contributed by atoms with Crippen molar-refractivity contribution in [2.24, 2.45) is 5.92 Å². The molecule has 6 rings (SSSR count). The highest BCUT2D eigenvalue weighted by molar-refractivity contribution is 6.30. The van der Waals surface area contributed by atoms with Crippen LogP contribution in [0.1, 0.15) is 64.8 Å². The predicted molar refractivity (Wildman–Crippen MR) is 136 cm³/mol. The van der Waals surface area contributed by atoms with E-state index in [1.165, 1.54) is 4.90 Å². The maximum Gasteiger partial charge on any atom is 0.263 e. The second-order valence-corrected chi connectivity index (χ2v) is 11.0. The summed E-state index contributed by atoms with van der Waals surface area (Å²) in [4.78, 5) is 44.7. The van der Waals surface area contributed by atoms with Crippen LogP contribution in [-0.2, 0) is 10.4 Å². The summed E-state index contributed by atoms with van der Waals surface area (Å²) < 4.78 is 0. The van der Waals surface area contributed by atoms with Crippen LogP contribution in [0.15, 0.2) is 42.5 Å². The first kappa shape index (κ1) is 23.5. The SMILES string of the molecule is O=C(C1CCN(c2cccc3c2C(=O)N(C2CC2)C3=O)CC1)N1CCC(O)(c2ccc(Cl)cc2)CC1. The van der Waals surface area contributed by atoms with Crippen LogP contribution < -0.4 is 4.90 Å². The van der Waals surface area contributed by atoms with Crippen LogP contribution in [-0.4, -0.2) is 64.8 Å². The lowest BCUT2D eigenvalue weighted by Gasteiger charge is -2.41. The second kappa shape index (κ2) is 8.89. The Balaban J connectivity index is 1.09. The number of piperidine rings is 2. The molecule has 0 bridgehead atoms. The number of fused-ring (bicyclic) bond motifs is 1. The van der Waals surface area contributed by atoms with Gasteiger partial charge in [0.15, 0.2) is 0 Å². The Morgan fingerprint density at radius 1 is 0.889 bits per heavy atom. The molecule has 3 fully saturated rings. The molecule has 0 atom stereocenters. The number of hydrogen-bond donors (Lipinski definition) is 1. The lowest BCUT2D eigenvalue weighted by Crippen LogP contribution is -2.49. The summed E-state index contributed by atoms with van der Waals surface area (Å²) in [5.74, 6) is -0.266. The molecule has 2 aromatic rings. The Hall–Kier alpha value is -2.90. The smallest absolute Gasteiger partial charge is 0.263 e. The lowest BCUT2D eigenvalue weighted by atomic mass is 9.83. The Kier molecular flexibility index (Phi) is 5.80. The summed E-state index contributed by atoms with van der Waals surface area (Å²) in [6, 6.07) is 12.9. The van der Waals surface area contributed by atoms with E-state index in [1.807, 2.05) is 29.2 Å². The zero-order valence-corrected chi connectivity index (χ0v) is 20.9. The highest BCUT2D eigenvalue weighted by Gasteiger charge is 2.46. The Morgan fingerprint density at radius 2 is 1.56 bits per heavy atom. The molecule has 8 heteroatoms. The largest absolute Gasteiger partial charge is 0.385 e. The Morgan fingerprint density at radius 3 is 2.19 bits per heavy atom. The van der Waals surface area contributed by atoms with E-state index in [0.29, 0.717) is 68.0 Å². The molecule has 188 valence electrons. The van der Waals surface area contributed by atoms with E-state index in [4.69, 9.17) is 11.6 Å². The number of amides is 3. The number of imide groups is 1. The highest BCUT2D eigenvalue weighted by Crippen LogP contribution is 2.40. The molecule has 1 saturated carbocycles. The van der Waals surface area contributed by atoms with E-state index in [2.05, 4.69) is 4.90 Å². The number of benzene rings is 2. The number of carbonyl (C=O) groups excluding carboxylic acids is 3. The number of aliphatic hydroxyl groups is 1. The molecule has 0 spiro atoms. The number of rotatable bonds is 4. The maximum absolute atomic E-state index is 13.3.